The third-order valence-electron chi connectivity index (χ3n) is 3.71. The van der Waals surface area contributed by atoms with Crippen LogP contribution in [0.5, 0.6) is 5.75 Å². The van der Waals surface area contributed by atoms with Crippen molar-refractivity contribution in [1.82, 2.24) is 4.98 Å². The Morgan fingerprint density at radius 1 is 1.37 bits per heavy atom. The molecule has 104 valence electrons. The first kappa shape index (κ1) is 13.8. The van der Waals surface area contributed by atoms with Crippen molar-refractivity contribution in [3.05, 3.63) is 24.0 Å². The molecule has 1 aromatic rings. The van der Waals surface area contributed by atoms with Gasteiger partial charge in [0.2, 0.25) is 0 Å². The molecule has 19 heavy (non-hydrogen) atoms. The topological polar surface area (TPSA) is 59.4 Å². The standard InChI is InChI=1S/C15H21NO3/c17-15(18)14-13(9-4-10-16-14)19-11-5-8-12-6-2-1-3-7-12/h4,9-10,12H,1-3,5-8,11H2,(H,17,18). The Morgan fingerprint density at radius 3 is 2.89 bits per heavy atom. The first-order valence-corrected chi connectivity index (χ1v) is 7.08. The average molecular weight is 263 g/mol. The van der Waals surface area contributed by atoms with Crippen LogP contribution in [-0.4, -0.2) is 22.7 Å². The van der Waals surface area contributed by atoms with Gasteiger partial charge >= 0.3 is 5.97 Å². The number of aromatic carboxylic acids is 1. The maximum Gasteiger partial charge on any atom is 0.358 e. The van der Waals surface area contributed by atoms with Gasteiger partial charge in [0, 0.05) is 6.20 Å². The summed E-state index contributed by atoms with van der Waals surface area (Å²) in [6, 6.07) is 3.36. The summed E-state index contributed by atoms with van der Waals surface area (Å²) in [4.78, 5) is 14.8. The second kappa shape index (κ2) is 7.12. The van der Waals surface area contributed by atoms with Crippen molar-refractivity contribution in [3.8, 4) is 5.75 Å². The van der Waals surface area contributed by atoms with E-state index in [2.05, 4.69) is 4.98 Å². The summed E-state index contributed by atoms with van der Waals surface area (Å²) in [5, 5.41) is 8.98. The van der Waals surface area contributed by atoms with Crippen LogP contribution in [0.2, 0.25) is 0 Å². The number of aromatic nitrogens is 1. The van der Waals surface area contributed by atoms with Crippen LogP contribution in [0.3, 0.4) is 0 Å². The first-order chi connectivity index (χ1) is 9.27. The number of hydrogen-bond acceptors (Lipinski definition) is 3. The number of nitrogens with zero attached hydrogens (tertiary/aromatic N) is 1. The Kier molecular flexibility index (Phi) is 5.19. The van der Waals surface area contributed by atoms with Crippen molar-refractivity contribution in [2.45, 2.75) is 44.9 Å². The Hall–Kier alpha value is -1.58. The number of rotatable bonds is 6. The van der Waals surface area contributed by atoms with Gasteiger partial charge in [-0.2, -0.15) is 0 Å². The highest BCUT2D eigenvalue weighted by Gasteiger charge is 2.14. The van der Waals surface area contributed by atoms with Gasteiger partial charge in [0.25, 0.3) is 0 Å². The lowest BCUT2D eigenvalue weighted by atomic mass is 9.86. The molecular formula is C15H21NO3. The zero-order valence-corrected chi connectivity index (χ0v) is 11.2. The van der Waals surface area contributed by atoms with Crippen LogP contribution in [-0.2, 0) is 0 Å². The molecule has 0 radical (unpaired) electrons. The number of ether oxygens (including phenoxy) is 1. The van der Waals surface area contributed by atoms with Gasteiger partial charge in [-0.1, -0.05) is 32.1 Å². The number of hydrogen-bond donors (Lipinski definition) is 1. The quantitative estimate of drug-likeness (QED) is 0.798. The van der Waals surface area contributed by atoms with E-state index in [1.807, 2.05) is 0 Å². The van der Waals surface area contributed by atoms with E-state index in [1.54, 1.807) is 12.1 Å². The fraction of sp³-hybridized carbons (Fsp3) is 0.600. The van der Waals surface area contributed by atoms with Crippen molar-refractivity contribution in [2.75, 3.05) is 6.61 Å². The van der Waals surface area contributed by atoms with E-state index in [0.717, 1.165) is 12.3 Å². The molecule has 1 aliphatic carbocycles. The summed E-state index contributed by atoms with van der Waals surface area (Å²) in [6.45, 7) is 0.572. The van der Waals surface area contributed by atoms with E-state index >= 15 is 0 Å². The van der Waals surface area contributed by atoms with Gasteiger partial charge in [0.05, 0.1) is 6.61 Å². The minimum atomic E-state index is -1.04. The largest absolute Gasteiger partial charge is 0.491 e. The molecule has 1 aliphatic rings. The molecule has 0 aromatic carbocycles. The molecule has 1 fully saturated rings. The fourth-order valence-electron chi connectivity index (χ4n) is 2.70. The minimum Gasteiger partial charge on any atom is -0.491 e. The van der Waals surface area contributed by atoms with Gasteiger partial charge in [-0.3, -0.25) is 0 Å². The SMILES string of the molecule is O=C(O)c1ncccc1OCCCC1CCCCC1. The van der Waals surface area contributed by atoms with Gasteiger partial charge in [0.15, 0.2) is 11.4 Å². The number of carbonyl (C=O) groups is 1. The smallest absolute Gasteiger partial charge is 0.358 e. The van der Waals surface area contributed by atoms with Crippen molar-refractivity contribution < 1.29 is 14.6 Å². The monoisotopic (exact) mass is 263 g/mol. The predicted molar refractivity (Wildman–Crippen MR) is 72.5 cm³/mol. The van der Waals surface area contributed by atoms with Crippen LogP contribution in [0.25, 0.3) is 0 Å². The average Bonchev–Trinajstić information content (AvgIpc) is 2.45. The Morgan fingerprint density at radius 2 is 2.16 bits per heavy atom. The van der Waals surface area contributed by atoms with E-state index in [0.29, 0.717) is 12.4 Å². The molecule has 0 saturated heterocycles. The van der Waals surface area contributed by atoms with Crippen molar-refractivity contribution in [2.24, 2.45) is 5.92 Å². The summed E-state index contributed by atoms with van der Waals surface area (Å²) in [5.41, 5.74) is 0.000154. The molecule has 1 aromatic heterocycles. The molecule has 1 saturated carbocycles. The third kappa shape index (κ3) is 4.23. The number of pyridine rings is 1. The van der Waals surface area contributed by atoms with Crippen LogP contribution >= 0.6 is 0 Å². The third-order valence-corrected chi connectivity index (χ3v) is 3.71. The minimum absolute atomic E-state index is 0.000154. The van der Waals surface area contributed by atoms with Crippen LogP contribution in [0.1, 0.15) is 55.4 Å². The maximum absolute atomic E-state index is 11.0. The van der Waals surface area contributed by atoms with E-state index < -0.39 is 5.97 Å². The molecular weight excluding hydrogens is 242 g/mol. The highest BCUT2D eigenvalue weighted by molar-refractivity contribution is 5.88. The highest BCUT2D eigenvalue weighted by Crippen LogP contribution is 2.27. The summed E-state index contributed by atoms with van der Waals surface area (Å²) in [6.07, 6.45) is 10.4. The van der Waals surface area contributed by atoms with Crippen LogP contribution < -0.4 is 4.74 Å². The Balaban J connectivity index is 1.74. The highest BCUT2D eigenvalue weighted by atomic mass is 16.5. The molecule has 0 atom stereocenters. The molecule has 0 aliphatic heterocycles. The van der Waals surface area contributed by atoms with Crippen LogP contribution in [0, 0.1) is 5.92 Å². The van der Waals surface area contributed by atoms with Crippen molar-refractivity contribution in [1.29, 1.82) is 0 Å². The summed E-state index contributed by atoms with van der Waals surface area (Å²) >= 11 is 0. The fourth-order valence-corrected chi connectivity index (χ4v) is 2.70. The van der Waals surface area contributed by atoms with Gasteiger partial charge in [-0.15, -0.1) is 0 Å². The maximum atomic E-state index is 11.0. The van der Waals surface area contributed by atoms with E-state index in [4.69, 9.17) is 9.84 Å². The van der Waals surface area contributed by atoms with E-state index in [9.17, 15) is 4.79 Å². The lowest BCUT2D eigenvalue weighted by Gasteiger charge is -2.21. The van der Waals surface area contributed by atoms with Gasteiger partial charge in [0.1, 0.15) is 0 Å². The van der Waals surface area contributed by atoms with E-state index in [-0.39, 0.29) is 5.69 Å². The molecule has 0 bridgehead atoms. The molecule has 2 rings (SSSR count). The molecule has 4 heteroatoms. The lowest BCUT2D eigenvalue weighted by molar-refractivity contribution is 0.0685. The Labute approximate surface area is 113 Å². The molecule has 0 unspecified atom stereocenters. The van der Waals surface area contributed by atoms with Gasteiger partial charge in [-0.25, -0.2) is 9.78 Å². The molecule has 0 amide bonds. The molecule has 1 N–H and O–H groups in total. The van der Waals surface area contributed by atoms with Gasteiger partial charge in [-0.05, 0) is 30.9 Å². The Bertz CT molecular complexity index is 414. The van der Waals surface area contributed by atoms with E-state index in [1.165, 1.54) is 44.7 Å². The molecule has 0 spiro atoms. The normalized spacial score (nSPS) is 16.2. The van der Waals surface area contributed by atoms with Crippen LogP contribution in [0.4, 0.5) is 0 Å². The second-order valence-electron chi connectivity index (χ2n) is 5.15. The second-order valence-corrected chi connectivity index (χ2v) is 5.15. The number of carboxylic acid groups (broad SMARTS) is 1. The zero-order valence-electron chi connectivity index (χ0n) is 11.2. The predicted octanol–water partition coefficient (Wildman–Crippen LogP) is 3.52. The summed E-state index contributed by atoms with van der Waals surface area (Å²) in [5.74, 6) is 0.173. The van der Waals surface area contributed by atoms with Crippen LogP contribution in [0.15, 0.2) is 18.3 Å². The van der Waals surface area contributed by atoms with Crippen molar-refractivity contribution in [3.63, 3.8) is 0 Å². The summed E-state index contributed by atoms with van der Waals surface area (Å²) in [7, 11) is 0. The molecule has 1 heterocycles. The molecule has 4 nitrogen and oxygen atoms in total. The summed E-state index contributed by atoms with van der Waals surface area (Å²) < 4.78 is 5.55. The van der Waals surface area contributed by atoms with Gasteiger partial charge < -0.3 is 9.84 Å². The first-order valence-electron chi connectivity index (χ1n) is 7.08. The van der Waals surface area contributed by atoms with Crippen molar-refractivity contribution >= 4 is 5.97 Å². The lowest BCUT2D eigenvalue weighted by Crippen LogP contribution is -2.10. The number of carboxylic acids is 1. The zero-order chi connectivity index (χ0) is 13.5.